The van der Waals surface area contributed by atoms with E-state index in [0.717, 1.165) is 12.1 Å². The van der Waals surface area contributed by atoms with Gasteiger partial charge >= 0.3 is 12.4 Å². The lowest BCUT2D eigenvalue weighted by molar-refractivity contribution is -0.138. The minimum atomic E-state index is -4.51. The molecule has 5 aromatic rings. The minimum Gasteiger partial charge on any atom is -0.166 e. The molecule has 0 saturated heterocycles. The molecule has 0 aliphatic carbocycles. The molecule has 0 bridgehead atoms. The molecule has 36 heavy (non-hydrogen) atoms. The van der Waals surface area contributed by atoms with Gasteiger partial charge < -0.3 is 0 Å². The first kappa shape index (κ1) is 23.9. The largest absolute Gasteiger partial charge is 0.416 e. The number of fused-ring (bicyclic) bond motifs is 2. The van der Waals surface area contributed by atoms with Crippen LogP contribution in [-0.2, 0) is 12.4 Å². The smallest absolute Gasteiger partial charge is 0.166 e. The molecule has 5 aromatic carbocycles. The van der Waals surface area contributed by atoms with Crippen molar-refractivity contribution in [2.75, 3.05) is 0 Å². The van der Waals surface area contributed by atoms with Gasteiger partial charge in [0, 0.05) is 0 Å². The maximum Gasteiger partial charge on any atom is 0.416 e. The van der Waals surface area contributed by atoms with Crippen LogP contribution in [0.25, 0.3) is 43.8 Å². The Labute approximate surface area is 203 Å². The Balaban J connectivity index is 1.91. The van der Waals surface area contributed by atoms with Crippen LogP contribution in [0.3, 0.4) is 0 Å². The van der Waals surface area contributed by atoms with Crippen molar-refractivity contribution in [1.82, 2.24) is 0 Å². The fraction of sp³-hybridized carbons (Fsp3) is 0.133. The summed E-state index contributed by atoms with van der Waals surface area (Å²) >= 11 is 0. The van der Waals surface area contributed by atoms with Crippen molar-refractivity contribution in [3.63, 3.8) is 0 Å². The Bertz CT molecular complexity index is 1450. The normalized spacial score (nSPS) is 12.4. The molecule has 0 saturated carbocycles. The third kappa shape index (κ3) is 4.00. The van der Waals surface area contributed by atoms with Crippen LogP contribution >= 0.6 is 0 Å². The molecule has 0 fully saturated rings. The molecule has 182 valence electrons. The molecule has 0 unspecified atom stereocenters. The van der Waals surface area contributed by atoms with E-state index in [4.69, 9.17) is 0 Å². The second-order valence-electron chi connectivity index (χ2n) is 8.90. The lowest BCUT2D eigenvalue weighted by Gasteiger charge is -2.20. The number of rotatable bonds is 2. The summed E-state index contributed by atoms with van der Waals surface area (Å²) in [4.78, 5) is 0. The second-order valence-corrected chi connectivity index (χ2v) is 8.90. The first-order chi connectivity index (χ1) is 17.0. The molecule has 0 spiro atoms. The van der Waals surface area contributed by atoms with Gasteiger partial charge in [-0.05, 0) is 80.9 Å². The van der Waals surface area contributed by atoms with E-state index in [-0.39, 0.29) is 11.1 Å². The van der Waals surface area contributed by atoms with Gasteiger partial charge in [0.05, 0.1) is 11.1 Å². The Hall–Kier alpha value is -3.80. The van der Waals surface area contributed by atoms with Crippen LogP contribution in [0, 0.1) is 13.8 Å². The van der Waals surface area contributed by atoms with Crippen molar-refractivity contribution in [3.8, 4) is 22.3 Å². The number of hydrogen-bond acceptors (Lipinski definition) is 0. The third-order valence-corrected chi connectivity index (χ3v) is 6.59. The number of benzene rings is 5. The molecule has 0 N–H and O–H groups in total. The van der Waals surface area contributed by atoms with E-state index in [9.17, 15) is 26.3 Å². The lowest BCUT2D eigenvalue weighted by Crippen LogP contribution is -2.08. The number of hydrogen-bond donors (Lipinski definition) is 0. The van der Waals surface area contributed by atoms with Gasteiger partial charge in [-0.25, -0.2) is 0 Å². The maximum absolute atomic E-state index is 13.7. The average Bonchev–Trinajstić information content (AvgIpc) is 2.82. The van der Waals surface area contributed by atoms with Gasteiger partial charge in [0.2, 0.25) is 0 Å². The first-order valence-electron chi connectivity index (χ1n) is 11.3. The highest BCUT2D eigenvalue weighted by Gasteiger charge is 2.34. The van der Waals surface area contributed by atoms with Crippen molar-refractivity contribution in [3.05, 3.63) is 107 Å². The zero-order valence-corrected chi connectivity index (χ0v) is 19.4. The Kier molecular flexibility index (Phi) is 5.58. The summed E-state index contributed by atoms with van der Waals surface area (Å²) in [6, 6.07) is 22.8. The Morgan fingerprint density at radius 1 is 0.444 bits per heavy atom. The summed E-state index contributed by atoms with van der Waals surface area (Å²) in [6.45, 7) is 2.84. The molecule has 0 atom stereocenters. The van der Waals surface area contributed by atoms with E-state index in [2.05, 4.69) is 0 Å². The number of halogens is 6. The van der Waals surface area contributed by atoms with E-state index in [1.165, 1.54) is 26.0 Å². The highest BCUT2D eigenvalue weighted by Crippen LogP contribution is 2.46. The molecule has 0 amide bonds. The van der Waals surface area contributed by atoms with Crippen molar-refractivity contribution in [2.45, 2.75) is 26.2 Å². The quantitative estimate of drug-likeness (QED) is 0.169. The van der Waals surface area contributed by atoms with Crippen LogP contribution in [-0.4, -0.2) is 0 Å². The molecule has 0 nitrogen and oxygen atoms in total. The molecule has 0 radical (unpaired) electrons. The van der Waals surface area contributed by atoms with Crippen molar-refractivity contribution in [2.24, 2.45) is 0 Å². The van der Waals surface area contributed by atoms with E-state index >= 15 is 0 Å². The molecular weight excluding hydrogens is 474 g/mol. The molecular formula is C30H20F6. The molecule has 0 aromatic heterocycles. The monoisotopic (exact) mass is 494 g/mol. The fourth-order valence-electron chi connectivity index (χ4n) is 4.92. The summed E-state index contributed by atoms with van der Waals surface area (Å²) in [5.41, 5.74) is 0.818. The van der Waals surface area contributed by atoms with Crippen LogP contribution in [0.15, 0.2) is 84.9 Å². The van der Waals surface area contributed by atoms with Gasteiger partial charge in [-0.15, -0.1) is 0 Å². The SMILES string of the molecule is Cc1ccc(-c2c3ccccc3c(-c3ccc(C)c(C(F)(F)F)c3)c3ccccc23)cc1C(F)(F)F. The van der Waals surface area contributed by atoms with Gasteiger partial charge in [-0.1, -0.05) is 72.8 Å². The van der Waals surface area contributed by atoms with Gasteiger partial charge in [0.1, 0.15) is 0 Å². The summed E-state index contributed by atoms with van der Waals surface area (Å²) in [5.74, 6) is 0. The predicted molar refractivity (Wildman–Crippen MR) is 132 cm³/mol. The predicted octanol–water partition coefficient (Wildman–Crippen LogP) is 9.98. The van der Waals surface area contributed by atoms with Crippen molar-refractivity contribution in [1.29, 1.82) is 0 Å². The van der Waals surface area contributed by atoms with Crippen LogP contribution in [0.1, 0.15) is 22.3 Å². The second kappa shape index (κ2) is 8.40. The van der Waals surface area contributed by atoms with Gasteiger partial charge in [-0.2, -0.15) is 26.3 Å². The third-order valence-electron chi connectivity index (χ3n) is 6.59. The summed E-state index contributed by atoms with van der Waals surface area (Å²) in [6.07, 6.45) is -9.02. The summed E-state index contributed by atoms with van der Waals surface area (Å²) in [5, 5.41) is 2.66. The number of aryl methyl sites for hydroxylation is 2. The molecule has 0 aliphatic rings. The standard InChI is InChI=1S/C30H20F6/c1-17-11-13-19(15-25(17)29(31,32)33)27-21-7-3-5-9-23(21)28(24-10-6-4-8-22(24)27)20-14-12-18(2)26(16-20)30(34,35)36/h3-16H,1-2H3. The van der Waals surface area contributed by atoms with Gasteiger partial charge in [0.15, 0.2) is 0 Å². The van der Waals surface area contributed by atoms with E-state index in [0.29, 0.717) is 43.8 Å². The van der Waals surface area contributed by atoms with Gasteiger partial charge in [-0.3, -0.25) is 0 Å². The van der Waals surface area contributed by atoms with E-state index < -0.39 is 23.5 Å². The van der Waals surface area contributed by atoms with Gasteiger partial charge in [0.25, 0.3) is 0 Å². The fourth-order valence-corrected chi connectivity index (χ4v) is 4.92. The van der Waals surface area contributed by atoms with Crippen LogP contribution in [0.2, 0.25) is 0 Å². The molecule has 0 aliphatic heterocycles. The summed E-state index contributed by atoms with van der Waals surface area (Å²) < 4.78 is 82.4. The van der Waals surface area contributed by atoms with Crippen molar-refractivity contribution < 1.29 is 26.3 Å². The molecule has 0 heterocycles. The number of alkyl halides is 6. The highest BCUT2D eigenvalue weighted by molar-refractivity contribution is 6.21. The first-order valence-corrected chi connectivity index (χ1v) is 11.3. The highest BCUT2D eigenvalue weighted by atomic mass is 19.4. The van der Waals surface area contributed by atoms with E-state index in [1.807, 2.05) is 0 Å². The Morgan fingerprint density at radius 2 is 0.750 bits per heavy atom. The van der Waals surface area contributed by atoms with Crippen LogP contribution < -0.4 is 0 Å². The summed E-state index contributed by atoms with van der Waals surface area (Å²) in [7, 11) is 0. The maximum atomic E-state index is 13.7. The Morgan fingerprint density at radius 3 is 1.03 bits per heavy atom. The van der Waals surface area contributed by atoms with Crippen LogP contribution in [0.5, 0.6) is 0 Å². The average molecular weight is 494 g/mol. The van der Waals surface area contributed by atoms with Crippen molar-refractivity contribution >= 4 is 21.5 Å². The molecule has 6 heteroatoms. The molecule has 5 rings (SSSR count). The van der Waals surface area contributed by atoms with Crippen LogP contribution in [0.4, 0.5) is 26.3 Å². The van der Waals surface area contributed by atoms with E-state index in [1.54, 1.807) is 60.7 Å². The zero-order valence-electron chi connectivity index (χ0n) is 19.4. The minimum absolute atomic E-state index is 0.121. The zero-order chi connectivity index (χ0) is 25.8. The topological polar surface area (TPSA) is 0 Å². The lowest BCUT2D eigenvalue weighted by atomic mass is 9.85.